The highest BCUT2D eigenvalue weighted by atomic mass is 16.4. The standard InChI is InChI=1S/C14H9NO2/c15-9-10-5-1-2-6-11(10)12-7-3-4-8-13(12)14(16)17/h1-8H,(H,16,17)/p-1. The zero-order chi connectivity index (χ0) is 12.3. The summed E-state index contributed by atoms with van der Waals surface area (Å²) in [7, 11) is 0. The minimum atomic E-state index is -1.24. The van der Waals surface area contributed by atoms with Crippen molar-refractivity contribution in [3.8, 4) is 17.2 Å². The SMILES string of the molecule is N#Cc1ccccc1-c1ccccc1C(=O)[O-]. The first-order valence-corrected chi connectivity index (χ1v) is 5.04. The molecule has 2 aromatic carbocycles. The van der Waals surface area contributed by atoms with E-state index in [0.29, 0.717) is 16.7 Å². The molecular weight excluding hydrogens is 214 g/mol. The molecule has 0 atom stereocenters. The number of rotatable bonds is 2. The largest absolute Gasteiger partial charge is 0.545 e. The Kier molecular flexibility index (Phi) is 2.89. The van der Waals surface area contributed by atoms with Crippen LogP contribution in [-0.4, -0.2) is 5.97 Å². The van der Waals surface area contributed by atoms with Gasteiger partial charge in [-0.15, -0.1) is 0 Å². The lowest BCUT2D eigenvalue weighted by Crippen LogP contribution is -2.23. The van der Waals surface area contributed by atoms with Crippen molar-refractivity contribution in [2.24, 2.45) is 0 Å². The molecule has 0 radical (unpaired) electrons. The number of benzene rings is 2. The lowest BCUT2D eigenvalue weighted by Gasteiger charge is -2.11. The molecule has 0 aromatic heterocycles. The van der Waals surface area contributed by atoms with Gasteiger partial charge in [0.15, 0.2) is 0 Å². The Morgan fingerprint density at radius 2 is 1.59 bits per heavy atom. The Hall–Kier alpha value is -2.60. The summed E-state index contributed by atoms with van der Waals surface area (Å²) in [6.07, 6.45) is 0. The molecule has 0 unspecified atom stereocenters. The van der Waals surface area contributed by atoms with Crippen molar-refractivity contribution in [2.75, 3.05) is 0 Å². The van der Waals surface area contributed by atoms with E-state index in [2.05, 4.69) is 0 Å². The maximum absolute atomic E-state index is 11.0. The smallest absolute Gasteiger partial charge is 0.0998 e. The van der Waals surface area contributed by atoms with Crippen LogP contribution in [0.15, 0.2) is 48.5 Å². The first-order chi connectivity index (χ1) is 8.24. The number of nitriles is 1. The van der Waals surface area contributed by atoms with Gasteiger partial charge in [-0.2, -0.15) is 5.26 Å². The molecule has 0 bridgehead atoms. The average molecular weight is 222 g/mol. The third kappa shape index (κ3) is 2.01. The van der Waals surface area contributed by atoms with Gasteiger partial charge in [0, 0.05) is 11.1 Å². The Morgan fingerprint density at radius 3 is 2.24 bits per heavy atom. The number of carbonyl (C=O) groups excluding carboxylic acids is 1. The molecule has 0 heterocycles. The van der Waals surface area contributed by atoms with E-state index in [1.54, 1.807) is 42.5 Å². The van der Waals surface area contributed by atoms with Gasteiger partial charge in [0.2, 0.25) is 0 Å². The number of carboxylic acids is 1. The van der Waals surface area contributed by atoms with Crippen LogP contribution in [0.25, 0.3) is 11.1 Å². The zero-order valence-corrected chi connectivity index (χ0v) is 8.88. The number of carbonyl (C=O) groups is 1. The van der Waals surface area contributed by atoms with Gasteiger partial charge in [-0.3, -0.25) is 0 Å². The average Bonchev–Trinajstić information content (AvgIpc) is 2.38. The van der Waals surface area contributed by atoms with Crippen molar-refractivity contribution in [1.29, 1.82) is 5.26 Å². The van der Waals surface area contributed by atoms with Gasteiger partial charge in [0.1, 0.15) is 0 Å². The molecule has 2 rings (SSSR count). The van der Waals surface area contributed by atoms with Crippen molar-refractivity contribution >= 4 is 5.97 Å². The first-order valence-electron chi connectivity index (χ1n) is 5.04. The van der Waals surface area contributed by atoms with Crippen molar-refractivity contribution in [2.45, 2.75) is 0 Å². The van der Waals surface area contributed by atoms with E-state index < -0.39 is 5.97 Å². The highest BCUT2D eigenvalue weighted by Gasteiger charge is 2.08. The molecule has 3 nitrogen and oxygen atoms in total. The summed E-state index contributed by atoms with van der Waals surface area (Å²) >= 11 is 0. The molecular formula is C14H8NO2-. The lowest BCUT2D eigenvalue weighted by atomic mass is 9.96. The topological polar surface area (TPSA) is 63.9 Å². The molecule has 17 heavy (non-hydrogen) atoms. The Morgan fingerprint density at radius 1 is 1.00 bits per heavy atom. The fourth-order valence-corrected chi connectivity index (χ4v) is 1.71. The number of hydrogen-bond acceptors (Lipinski definition) is 3. The fourth-order valence-electron chi connectivity index (χ4n) is 1.71. The second-order valence-electron chi connectivity index (χ2n) is 3.49. The highest BCUT2D eigenvalue weighted by Crippen LogP contribution is 2.26. The van der Waals surface area contributed by atoms with Gasteiger partial charge < -0.3 is 9.90 Å². The molecule has 0 saturated carbocycles. The highest BCUT2D eigenvalue weighted by molar-refractivity contribution is 5.95. The second-order valence-corrected chi connectivity index (χ2v) is 3.49. The Bertz CT molecular complexity index is 612. The number of nitrogens with zero attached hydrogens (tertiary/aromatic N) is 1. The van der Waals surface area contributed by atoms with Gasteiger partial charge in [0.25, 0.3) is 0 Å². The Labute approximate surface area is 98.6 Å². The van der Waals surface area contributed by atoms with Gasteiger partial charge in [-0.25, -0.2) is 0 Å². The van der Waals surface area contributed by atoms with E-state index in [1.165, 1.54) is 6.07 Å². The van der Waals surface area contributed by atoms with Crippen molar-refractivity contribution < 1.29 is 9.90 Å². The molecule has 0 amide bonds. The fraction of sp³-hybridized carbons (Fsp3) is 0. The molecule has 0 saturated heterocycles. The van der Waals surface area contributed by atoms with Crippen LogP contribution in [0.3, 0.4) is 0 Å². The molecule has 3 heteroatoms. The Balaban J connectivity index is 2.69. The van der Waals surface area contributed by atoms with Crippen molar-refractivity contribution in [3.63, 3.8) is 0 Å². The van der Waals surface area contributed by atoms with Crippen molar-refractivity contribution in [3.05, 3.63) is 59.7 Å². The van der Waals surface area contributed by atoms with Crippen LogP contribution in [0.5, 0.6) is 0 Å². The van der Waals surface area contributed by atoms with Crippen LogP contribution < -0.4 is 5.11 Å². The van der Waals surface area contributed by atoms with E-state index in [-0.39, 0.29) is 5.56 Å². The number of carboxylic acid groups (broad SMARTS) is 1. The lowest BCUT2D eigenvalue weighted by molar-refractivity contribution is -0.254. The van der Waals surface area contributed by atoms with Crippen molar-refractivity contribution in [1.82, 2.24) is 0 Å². The summed E-state index contributed by atoms with van der Waals surface area (Å²) < 4.78 is 0. The molecule has 0 aliphatic carbocycles. The minimum absolute atomic E-state index is 0.0928. The molecule has 0 N–H and O–H groups in total. The van der Waals surface area contributed by atoms with Gasteiger partial charge in [-0.1, -0.05) is 42.5 Å². The van der Waals surface area contributed by atoms with E-state index in [0.717, 1.165) is 0 Å². The molecule has 0 aliphatic heterocycles. The number of aromatic carboxylic acids is 1. The third-order valence-corrected chi connectivity index (χ3v) is 2.48. The summed E-state index contributed by atoms with van der Waals surface area (Å²) in [5.41, 5.74) is 1.65. The summed E-state index contributed by atoms with van der Waals surface area (Å²) in [6, 6.07) is 15.4. The predicted octanol–water partition coefficient (Wildman–Crippen LogP) is 1.59. The summed E-state index contributed by atoms with van der Waals surface area (Å²) in [6.45, 7) is 0. The van der Waals surface area contributed by atoms with E-state index in [4.69, 9.17) is 5.26 Å². The van der Waals surface area contributed by atoms with Crippen LogP contribution >= 0.6 is 0 Å². The molecule has 0 aliphatic rings. The number of hydrogen-bond donors (Lipinski definition) is 0. The second kappa shape index (κ2) is 4.50. The zero-order valence-electron chi connectivity index (χ0n) is 8.88. The molecule has 82 valence electrons. The maximum atomic E-state index is 11.0. The summed E-state index contributed by atoms with van der Waals surface area (Å²) in [4.78, 5) is 11.0. The normalized spacial score (nSPS) is 9.59. The van der Waals surface area contributed by atoms with Crippen LogP contribution in [0.2, 0.25) is 0 Å². The molecule has 2 aromatic rings. The third-order valence-electron chi connectivity index (χ3n) is 2.48. The van der Waals surface area contributed by atoms with Crippen LogP contribution in [0.4, 0.5) is 0 Å². The summed E-state index contributed by atoms with van der Waals surface area (Å²) in [5, 5.41) is 20.0. The monoisotopic (exact) mass is 222 g/mol. The quantitative estimate of drug-likeness (QED) is 0.775. The van der Waals surface area contributed by atoms with E-state index in [1.807, 2.05) is 6.07 Å². The molecule has 0 spiro atoms. The minimum Gasteiger partial charge on any atom is -0.545 e. The van der Waals surface area contributed by atoms with Gasteiger partial charge >= 0.3 is 0 Å². The van der Waals surface area contributed by atoms with E-state index in [9.17, 15) is 9.90 Å². The van der Waals surface area contributed by atoms with Crippen LogP contribution in [0, 0.1) is 11.3 Å². The van der Waals surface area contributed by atoms with Crippen LogP contribution in [0.1, 0.15) is 15.9 Å². The van der Waals surface area contributed by atoms with E-state index >= 15 is 0 Å². The predicted molar refractivity (Wildman–Crippen MR) is 60.9 cm³/mol. The van der Waals surface area contributed by atoms with Gasteiger partial charge in [0.05, 0.1) is 17.6 Å². The van der Waals surface area contributed by atoms with Crippen LogP contribution in [-0.2, 0) is 0 Å². The maximum Gasteiger partial charge on any atom is 0.0998 e. The first kappa shape index (κ1) is 10.9. The van der Waals surface area contributed by atoms with Gasteiger partial charge in [-0.05, 0) is 11.6 Å². The molecule has 0 fully saturated rings. The summed E-state index contributed by atoms with van der Waals surface area (Å²) in [5.74, 6) is -1.24.